The van der Waals surface area contributed by atoms with Crippen molar-refractivity contribution in [3.8, 4) is 11.8 Å². The quantitative estimate of drug-likeness (QED) is 0.891. The van der Waals surface area contributed by atoms with Crippen LogP contribution >= 0.6 is 0 Å². The van der Waals surface area contributed by atoms with E-state index in [0.717, 1.165) is 11.1 Å². The third-order valence-electron chi connectivity index (χ3n) is 3.85. The molecule has 1 aliphatic carbocycles. The van der Waals surface area contributed by atoms with Gasteiger partial charge < -0.3 is 9.84 Å². The van der Waals surface area contributed by atoms with E-state index in [4.69, 9.17) is 10.00 Å². The number of nitrogens with zero attached hydrogens (tertiary/aromatic N) is 1. The lowest BCUT2D eigenvalue weighted by Gasteiger charge is -2.23. The van der Waals surface area contributed by atoms with Gasteiger partial charge in [-0.15, -0.1) is 0 Å². The van der Waals surface area contributed by atoms with Crippen molar-refractivity contribution in [3.05, 3.63) is 35.4 Å². The number of aliphatic hydroxyl groups excluding tert-OH is 1. The second kappa shape index (κ2) is 7.72. The van der Waals surface area contributed by atoms with Gasteiger partial charge in [-0.05, 0) is 42.0 Å². The predicted octanol–water partition coefficient (Wildman–Crippen LogP) is 3.54. The van der Waals surface area contributed by atoms with E-state index >= 15 is 0 Å². The molecule has 1 N–H and O–H groups in total. The van der Waals surface area contributed by atoms with E-state index in [0.29, 0.717) is 11.7 Å². The van der Waals surface area contributed by atoms with Crippen molar-refractivity contribution in [1.82, 2.24) is 0 Å². The molecular weight excluding hydrogens is 250 g/mol. The van der Waals surface area contributed by atoms with Crippen LogP contribution in [0.25, 0.3) is 6.08 Å². The third-order valence-corrected chi connectivity index (χ3v) is 3.85. The van der Waals surface area contributed by atoms with Gasteiger partial charge >= 0.3 is 0 Å². The highest BCUT2D eigenvalue weighted by Crippen LogP contribution is 2.30. The molecule has 0 bridgehead atoms. The Balaban J connectivity index is 2.05. The molecule has 0 aromatic heterocycles. The molecule has 2 rings (SSSR count). The largest absolute Gasteiger partial charge is 0.479 e. The number of hydrogen-bond acceptors (Lipinski definition) is 3. The van der Waals surface area contributed by atoms with Crippen LogP contribution < -0.4 is 4.74 Å². The van der Waals surface area contributed by atoms with Crippen molar-refractivity contribution in [3.63, 3.8) is 0 Å². The summed E-state index contributed by atoms with van der Waals surface area (Å²) in [5, 5.41) is 18.0. The molecule has 0 unspecified atom stereocenters. The van der Waals surface area contributed by atoms with Gasteiger partial charge in [0.1, 0.15) is 11.8 Å². The van der Waals surface area contributed by atoms with E-state index in [9.17, 15) is 5.11 Å². The second-order valence-electron chi connectivity index (χ2n) is 5.23. The summed E-state index contributed by atoms with van der Waals surface area (Å²) >= 11 is 0. The number of ether oxygens (including phenoxy) is 1. The van der Waals surface area contributed by atoms with Crippen LogP contribution in [-0.4, -0.2) is 18.3 Å². The van der Waals surface area contributed by atoms with Crippen LogP contribution in [0.15, 0.2) is 29.8 Å². The summed E-state index contributed by atoms with van der Waals surface area (Å²) in [7, 11) is 0. The van der Waals surface area contributed by atoms with Gasteiger partial charge in [-0.1, -0.05) is 37.5 Å². The summed E-state index contributed by atoms with van der Waals surface area (Å²) in [5.74, 6) is 1.23. The monoisotopic (exact) mass is 271 g/mol. The van der Waals surface area contributed by atoms with E-state index < -0.39 is 0 Å². The summed E-state index contributed by atoms with van der Waals surface area (Å²) < 4.78 is 5.23. The lowest BCUT2D eigenvalue weighted by atomic mass is 9.83. The molecular formula is C17H21NO2. The first-order chi connectivity index (χ1) is 9.83. The zero-order valence-corrected chi connectivity index (χ0v) is 11.7. The predicted molar refractivity (Wildman–Crippen MR) is 79.2 cm³/mol. The fraction of sp³-hybridized carbons (Fsp3) is 0.471. The minimum absolute atomic E-state index is 0.0686. The van der Waals surface area contributed by atoms with E-state index in [1.54, 1.807) is 0 Å². The summed E-state index contributed by atoms with van der Waals surface area (Å²) in [6, 6.07) is 9.60. The second-order valence-corrected chi connectivity index (χ2v) is 5.23. The standard InChI is InChI=1S/C17H21NO2/c18-10-11-20-17-8-6-14(7-9-17)12-16(13-19)15-4-2-1-3-5-15/h6-9,12,15,19H,1-5,11,13H2/b16-12-. The van der Waals surface area contributed by atoms with Crippen LogP contribution in [0.5, 0.6) is 5.75 Å². The van der Waals surface area contributed by atoms with Crippen LogP contribution in [0, 0.1) is 17.2 Å². The molecule has 0 saturated heterocycles. The van der Waals surface area contributed by atoms with E-state index in [-0.39, 0.29) is 13.2 Å². The van der Waals surface area contributed by atoms with E-state index in [1.807, 2.05) is 30.3 Å². The molecule has 3 heteroatoms. The minimum Gasteiger partial charge on any atom is -0.479 e. The smallest absolute Gasteiger partial charge is 0.174 e. The number of nitriles is 1. The van der Waals surface area contributed by atoms with Crippen LogP contribution in [0.2, 0.25) is 0 Å². The van der Waals surface area contributed by atoms with Gasteiger partial charge in [-0.2, -0.15) is 5.26 Å². The van der Waals surface area contributed by atoms with Gasteiger partial charge in [0, 0.05) is 0 Å². The SMILES string of the molecule is N#CCOc1ccc(/C=C(/CO)C2CCCCC2)cc1. The highest BCUT2D eigenvalue weighted by atomic mass is 16.5. The van der Waals surface area contributed by atoms with Gasteiger partial charge in [-0.25, -0.2) is 0 Å². The first-order valence-corrected chi connectivity index (χ1v) is 7.24. The van der Waals surface area contributed by atoms with Gasteiger partial charge in [0.15, 0.2) is 6.61 Å². The Labute approximate surface area is 120 Å². The molecule has 1 aromatic rings. The minimum atomic E-state index is 0.0686. The Morgan fingerprint density at radius 3 is 2.55 bits per heavy atom. The maximum Gasteiger partial charge on any atom is 0.174 e. The number of benzene rings is 1. The van der Waals surface area contributed by atoms with E-state index in [2.05, 4.69) is 6.08 Å². The summed E-state index contributed by atoms with van der Waals surface area (Å²) in [6.45, 7) is 0.205. The Morgan fingerprint density at radius 1 is 1.25 bits per heavy atom. The highest BCUT2D eigenvalue weighted by Gasteiger charge is 2.17. The molecule has 0 radical (unpaired) electrons. The van der Waals surface area contributed by atoms with Gasteiger partial charge in [0.05, 0.1) is 6.61 Å². The topological polar surface area (TPSA) is 53.2 Å². The number of hydrogen-bond donors (Lipinski definition) is 1. The lowest BCUT2D eigenvalue weighted by Crippen LogP contribution is -2.11. The molecule has 20 heavy (non-hydrogen) atoms. The Kier molecular flexibility index (Phi) is 5.64. The molecule has 1 fully saturated rings. The fourth-order valence-corrected chi connectivity index (χ4v) is 2.76. The van der Waals surface area contributed by atoms with Gasteiger partial charge in [-0.3, -0.25) is 0 Å². The first-order valence-electron chi connectivity index (χ1n) is 7.24. The van der Waals surface area contributed by atoms with Crippen LogP contribution in [0.4, 0.5) is 0 Å². The fourth-order valence-electron chi connectivity index (χ4n) is 2.76. The molecule has 106 valence electrons. The molecule has 0 spiro atoms. The number of rotatable bonds is 5. The summed E-state index contributed by atoms with van der Waals surface area (Å²) in [4.78, 5) is 0. The van der Waals surface area contributed by atoms with Crippen LogP contribution in [0.1, 0.15) is 37.7 Å². The maximum atomic E-state index is 9.58. The van der Waals surface area contributed by atoms with Gasteiger partial charge in [0.25, 0.3) is 0 Å². The van der Waals surface area contributed by atoms with Crippen molar-refractivity contribution >= 4 is 6.08 Å². The normalized spacial score (nSPS) is 16.7. The molecule has 0 amide bonds. The Bertz CT molecular complexity index is 479. The molecule has 0 aliphatic heterocycles. The molecule has 1 aromatic carbocycles. The van der Waals surface area contributed by atoms with Crippen molar-refractivity contribution in [2.45, 2.75) is 32.1 Å². The van der Waals surface area contributed by atoms with Crippen molar-refractivity contribution in [2.75, 3.05) is 13.2 Å². The first kappa shape index (κ1) is 14.6. The van der Waals surface area contributed by atoms with E-state index in [1.165, 1.54) is 32.1 Å². The Morgan fingerprint density at radius 2 is 1.95 bits per heavy atom. The van der Waals surface area contributed by atoms with Crippen molar-refractivity contribution in [2.24, 2.45) is 5.92 Å². The average molecular weight is 271 g/mol. The molecule has 0 atom stereocenters. The lowest BCUT2D eigenvalue weighted by molar-refractivity contribution is 0.295. The van der Waals surface area contributed by atoms with Gasteiger partial charge in [0.2, 0.25) is 0 Å². The third kappa shape index (κ3) is 4.11. The zero-order chi connectivity index (χ0) is 14.2. The van der Waals surface area contributed by atoms with Crippen molar-refractivity contribution in [1.29, 1.82) is 5.26 Å². The average Bonchev–Trinajstić information content (AvgIpc) is 2.52. The molecule has 1 saturated carbocycles. The summed E-state index contributed by atoms with van der Waals surface area (Å²) in [5.41, 5.74) is 2.21. The maximum absolute atomic E-state index is 9.58. The molecule has 1 aliphatic rings. The van der Waals surface area contributed by atoms with Crippen LogP contribution in [0.3, 0.4) is 0 Å². The number of aliphatic hydroxyl groups is 1. The zero-order valence-electron chi connectivity index (χ0n) is 11.7. The summed E-state index contributed by atoms with van der Waals surface area (Å²) in [6.07, 6.45) is 8.32. The highest BCUT2D eigenvalue weighted by molar-refractivity contribution is 5.54. The molecule has 3 nitrogen and oxygen atoms in total. The van der Waals surface area contributed by atoms with Crippen molar-refractivity contribution < 1.29 is 9.84 Å². The Hall–Kier alpha value is -1.79. The molecule has 0 heterocycles. The van der Waals surface area contributed by atoms with Crippen LogP contribution in [-0.2, 0) is 0 Å².